The second kappa shape index (κ2) is 12.3. The van der Waals surface area contributed by atoms with Gasteiger partial charge in [-0.1, -0.05) is 19.3 Å². The Labute approximate surface area is 208 Å². The normalized spacial score (nSPS) is 21.1. The fraction of sp³-hybridized carbons (Fsp3) is 0.652. The number of fused-ring (bicyclic) bond motifs is 2. The van der Waals surface area contributed by atoms with Gasteiger partial charge in [-0.2, -0.15) is 16.7 Å². The number of rotatable bonds is 14. The third-order valence-corrected chi connectivity index (χ3v) is 8.15. The highest BCUT2D eigenvalue weighted by atomic mass is 32.2. The Bertz CT molecular complexity index is 1070. The number of nitrogen functional groups attached to an aromatic ring is 1. The number of unbranched alkanes of at least 4 members (excludes halogenated alkanes) is 4. The standard InChI is InChI=1S/C23H36N8O3S/c24-22-30-20-18(21(33)31-22)14(12-27-20)11-25-9-5-1-2-6-10-26-17(32)8-4-3-7-16-19-15(13-35-16)28-23(34)29-19/h12,15-16,19,25H,1-11,13H2,(H,26,32)(H2,28,29,34)(H4,24,27,30,31,33)/t15-,16-,19-/m0/s1. The molecule has 0 aromatic carbocycles. The van der Waals surface area contributed by atoms with Gasteiger partial charge < -0.3 is 32.0 Å². The highest BCUT2D eigenvalue weighted by Crippen LogP contribution is 2.33. The highest BCUT2D eigenvalue weighted by Gasteiger charge is 2.42. The Morgan fingerprint density at radius 2 is 1.94 bits per heavy atom. The van der Waals surface area contributed by atoms with Crippen LogP contribution < -0.4 is 32.6 Å². The van der Waals surface area contributed by atoms with Crippen LogP contribution in [0.1, 0.15) is 56.9 Å². The van der Waals surface area contributed by atoms with E-state index in [9.17, 15) is 14.4 Å². The van der Waals surface area contributed by atoms with E-state index in [0.717, 1.165) is 69.4 Å². The number of nitrogens with two attached hydrogens (primary N) is 1. The second-order valence-electron chi connectivity index (χ2n) is 9.30. The molecule has 0 spiro atoms. The predicted octanol–water partition coefficient (Wildman–Crippen LogP) is 1.33. The molecule has 2 fully saturated rings. The Morgan fingerprint density at radius 3 is 2.80 bits per heavy atom. The minimum absolute atomic E-state index is 0.0479. The van der Waals surface area contributed by atoms with E-state index in [2.05, 4.69) is 36.2 Å². The summed E-state index contributed by atoms with van der Waals surface area (Å²) in [6, 6.07) is 0.458. The average Bonchev–Trinajstić information content (AvgIpc) is 3.50. The molecule has 192 valence electrons. The molecule has 2 saturated heterocycles. The molecule has 11 nitrogen and oxygen atoms in total. The van der Waals surface area contributed by atoms with E-state index in [1.807, 2.05) is 11.8 Å². The molecule has 3 amide bonds. The zero-order valence-electron chi connectivity index (χ0n) is 20.0. The van der Waals surface area contributed by atoms with Gasteiger partial charge in [0.2, 0.25) is 11.9 Å². The molecule has 0 bridgehead atoms. The number of hydrogen-bond acceptors (Lipinski definition) is 7. The van der Waals surface area contributed by atoms with Crippen molar-refractivity contribution in [2.75, 3.05) is 24.6 Å². The lowest BCUT2D eigenvalue weighted by atomic mass is 10.0. The summed E-state index contributed by atoms with van der Waals surface area (Å²) in [4.78, 5) is 45.2. The molecular formula is C23H36N8O3S. The maximum Gasteiger partial charge on any atom is 0.315 e. The third kappa shape index (κ3) is 6.91. The van der Waals surface area contributed by atoms with Gasteiger partial charge in [0.25, 0.3) is 5.56 Å². The van der Waals surface area contributed by atoms with Gasteiger partial charge in [0, 0.05) is 36.7 Å². The van der Waals surface area contributed by atoms with Crippen LogP contribution in [0.2, 0.25) is 0 Å². The number of H-pyrrole nitrogens is 2. The van der Waals surface area contributed by atoms with Crippen molar-refractivity contribution in [2.24, 2.45) is 0 Å². The first-order valence-electron chi connectivity index (χ1n) is 12.5. The zero-order valence-corrected chi connectivity index (χ0v) is 20.8. The van der Waals surface area contributed by atoms with Gasteiger partial charge in [-0.15, -0.1) is 0 Å². The van der Waals surface area contributed by atoms with Crippen molar-refractivity contribution in [1.29, 1.82) is 0 Å². The van der Waals surface area contributed by atoms with E-state index in [0.29, 0.717) is 29.2 Å². The van der Waals surface area contributed by atoms with Crippen LogP contribution in [0.15, 0.2) is 11.0 Å². The SMILES string of the molecule is Nc1nc2[nH]cc(CNCCCCCCNC(=O)CCCC[C@@H]3SC[C@@H]4NC(=O)N[C@@H]43)c2c(=O)[nH]1. The Balaban J connectivity index is 0.975. The van der Waals surface area contributed by atoms with Crippen LogP contribution >= 0.6 is 11.8 Å². The molecule has 4 heterocycles. The topological polar surface area (TPSA) is 170 Å². The van der Waals surface area contributed by atoms with E-state index >= 15 is 0 Å². The quantitative estimate of drug-likeness (QED) is 0.150. The lowest BCUT2D eigenvalue weighted by molar-refractivity contribution is -0.121. The minimum atomic E-state index is -0.227. The average molecular weight is 505 g/mol. The first kappa shape index (κ1) is 25.4. The lowest BCUT2D eigenvalue weighted by Gasteiger charge is -2.16. The monoisotopic (exact) mass is 504 g/mol. The van der Waals surface area contributed by atoms with E-state index in [1.54, 1.807) is 6.20 Å². The maximum atomic E-state index is 12.1. The largest absolute Gasteiger partial charge is 0.369 e. The van der Waals surface area contributed by atoms with Crippen LogP contribution in [0, 0.1) is 0 Å². The summed E-state index contributed by atoms with van der Waals surface area (Å²) in [6.45, 7) is 2.18. The van der Waals surface area contributed by atoms with Crippen molar-refractivity contribution < 1.29 is 9.59 Å². The number of thioether (sulfide) groups is 1. The summed E-state index contributed by atoms with van der Waals surface area (Å²) in [5.74, 6) is 1.21. The van der Waals surface area contributed by atoms with Crippen molar-refractivity contribution in [3.05, 3.63) is 22.1 Å². The number of nitrogens with one attached hydrogen (secondary N) is 6. The van der Waals surface area contributed by atoms with Crippen molar-refractivity contribution in [2.45, 2.75) is 75.2 Å². The fourth-order valence-corrected chi connectivity index (χ4v) is 6.35. The summed E-state index contributed by atoms with van der Waals surface area (Å²) in [6.07, 6.45) is 9.46. The van der Waals surface area contributed by atoms with Crippen molar-refractivity contribution in [3.63, 3.8) is 0 Å². The first-order valence-corrected chi connectivity index (χ1v) is 13.6. The molecular weight excluding hydrogens is 468 g/mol. The molecule has 0 saturated carbocycles. The Hall–Kier alpha value is -2.73. The third-order valence-electron chi connectivity index (χ3n) is 6.64. The van der Waals surface area contributed by atoms with Crippen molar-refractivity contribution in [1.82, 2.24) is 36.2 Å². The number of amides is 3. The Kier molecular flexibility index (Phi) is 8.91. The van der Waals surface area contributed by atoms with Gasteiger partial charge in [0.1, 0.15) is 5.65 Å². The molecule has 2 aromatic heterocycles. The molecule has 0 unspecified atom stereocenters. The van der Waals surface area contributed by atoms with Crippen LogP contribution in [-0.2, 0) is 11.3 Å². The molecule has 2 aliphatic heterocycles. The molecule has 0 aliphatic carbocycles. The van der Waals surface area contributed by atoms with Crippen LogP contribution in [0.5, 0.6) is 0 Å². The van der Waals surface area contributed by atoms with Crippen molar-refractivity contribution in [3.8, 4) is 0 Å². The smallest absolute Gasteiger partial charge is 0.315 e. The fourth-order valence-electron chi connectivity index (χ4n) is 4.80. The minimum Gasteiger partial charge on any atom is -0.369 e. The number of urea groups is 1. The van der Waals surface area contributed by atoms with Gasteiger partial charge in [-0.05, 0) is 37.8 Å². The number of nitrogens with zero attached hydrogens (tertiary/aromatic N) is 1. The van der Waals surface area contributed by atoms with E-state index < -0.39 is 0 Å². The molecule has 3 atom stereocenters. The van der Waals surface area contributed by atoms with Crippen molar-refractivity contribution >= 4 is 40.7 Å². The molecule has 8 N–H and O–H groups in total. The Morgan fingerprint density at radius 1 is 1.11 bits per heavy atom. The molecule has 35 heavy (non-hydrogen) atoms. The number of aromatic amines is 2. The summed E-state index contributed by atoms with van der Waals surface area (Å²) >= 11 is 1.92. The van der Waals surface area contributed by atoms with E-state index in [4.69, 9.17) is 5.73 Å². The number of hydrogen-bond donors (Lipinski definition) is 7. The van der Waals surface area contributed by atoms with Gasteiger partial charge >= 0.3 is 6.03 Å². The summed E-state index contributed by atoms with van der Waals surface area (Å²) in [5.41, 5.74) is 6.73. The second-order valence-corrected chi connectivity index (χ2v) is 10.6. The highest BCUT2D eigenvalue weighted by molar-refractivity contribution is 8.00. The number of carbonyl (C=O) groups is 2. The van der Waals surface area contributed by atoms with Gasteiger partial charge in [0.15, 0.2) is 0 Å². The van der Waals surface area contributed by atoms with Gasteiger partial charge in [-0.25, -0.2) is 4.79 Å². The molecule has 2 aliphatic rings. The van der Waals surface area contributed by atoms with Gasteiger partial charge in [0.05, 0.1) is 17.5 Å². The molecule has 2 aromatic rings. The van der Waals surface area contributed by atoms with Crippen LogP contribution in [0.25, 0.3) is 11.0 Å². The summed E-state index contributed by atoms with van der Waals surface area (Å²) in [7, 11) is 0. The molecule has 4 rings (SSSR count). The summed E-state index contributed by atoms with van der Waals surface area (Å²) < 4.78 is 0. The van der Waals surface area contributed by atoms with Crippen LogP contribution in [0.3, 0.4) is 0 Å². The predicted molar refractivity (Wildman–Crippen MR) is 138 cm³/mol. The summed E-state index contributed by atoms with van der Waals surface area (Å²) in [5, 5.41) is 13.4. The van der Waals surface area contributed by atoms with E-state index in [-0.39, 0.29) is 35.5 Å². The van der Waals surface area contributed by atoms with E-state index in [1.165, 1.54) is 0 Å². The lowest BCUT2D eigenvalue weighted by Crippen LogP contribution is -2.36. The maximum absolute atomic E-state index is 12.1. The molecule has 0 radical (unpaired) electrons. The number of carbonyl (C=O) groups excluding carboxylic acids is 2. The molecule has 12 heteroatoms. The first-order chi connectivity index (χ1) is 17.0. The number of aromatic nitrogens is 3. The number of anilines is 1. The van der Waals surface area contributed by atoms with Crippen LogP contribution in [0.4, 0.5) is 10.7 Å². The zero-order chi connectivity index (χ0) is 24.6. The van der Waals surface area contributed by atoms with Crippen LogP contribution in [-0.4, -0.2) is 63.1 Å². The van der Waals surface area contributed by atoms with Gasteiger partial charge in [-0.3, -0.25) is 14.6 Å².